The van der Waals surface area contributed by atoms with Gasteiger partial charge in [-0.05, 0) is 30.5 Å². The number of nitrogens with one attached hydrogen (secondary N) is 2. The highest BCUT2D eigenvalue weighted by molar-refractivity contribution is 7.91. The van der Waals surface area contributed by atoms with E-state index in [1.54, 1.807) is 0 Å². The zero-order chi connectivity index (χ0) is 17.2. The van der Waals surface area contributed by atoms with Crippen molar-refractivity contribution < 1.29 is 18.3 Å². The van der Waals surface area contributed by atoms with Crippen molar-refractivity contribution in [2.24, 2.45) is 0 Å². The molecule has 128 valence electrons. The van der Waals surface area contributed by atoms with Crippen LogP contribution in [-0.2, 0) is 29.4 Å². The molecule has 8 heteroatoms. The van der Waals surface area contributed by atoms with Crippen LogP contribution in [0.4, 0.5) is 0 Å². The second kappa shape index (κ2) is 7.02. The maximum atomic E-state index is 12.6. The third-order valence-corrected chi connectivity index (χ3v) is 7.11. The van der Waals surface area contributed by atoms with Gasteiger partial charge in [0.05, 0.1) is 5.56 Å². The second-order valence-electron chi connectivity index (χ2n) is 5.53. The number of carboxylic acid groups (broad SMARTS) is 1. The molecule has 0 aliphatic carbocycles. The Morgan fingerprint density at radius 1 is 1.29 bits per heavy atom. The van der Waals surface area contributed by atoms with Gasteiger partial charge in [0.2, 0.25) is 0 Å². The number of aromatic carboxylic acids is 1. The summed E-state index contributed by atoms with van der Waals surface area (Å²) in [5.74, 6) is -1.18. The van der Waals surface area contributed by atoms with Gasteiger partial charge in [-0.15, -0.1) is 11.3 Å². The summed E-state index contributed by atoms with van der Waals surface area (Å²) in [7, 11) is -3.84. The fraction of sp³-hybridized carbons (Fsp3) is 0.312. The van der Waals surface area contributed by atoms with Gasteiger partial charge < -0.3 is 10.4 Å². The van der Waals surface area contributed by atoms with Gasteiger partial charge in [0.1, 0.15) is 4.21 Å². The molecule has 0 saturated heterocycles. The summed E-state index contributed by atoms with van der Waals surface area (Å²) in [6.07, 6.45) is 1.09. The average Bonchev–Trinajstić information content (AvgIpc) is 2.96. The largest absolute Gasteiger partial charge is 0.478 e. The minimum atomic E-state index is -3.84. The second-order valence-corrected chi connectivity index (χ2v) is 8.60. The Bertz CT molecular complexity index is 844. The molecule has 0 amide bonds. The maximum Gasteiger partial charge on any atom is 0.338 e. The van der Waals surface area contributed by atoms with E-state index in [0.717, 1.165) is 21.8 Å². The molecular formula is C16H18N2O4S2. The van der Waals surface area contributed by atoms with Gasteiger partial charge >= 0.3 is 5.97 Å². The molecule has 1 aromatic heterocycles. The molecule has 24 heavy (non-hydrogen) atoms. The van der Waals surface area contributed by atoms with Crippen LogP contribution in [0.15, 0.2) is 34.5 Å². The summed E-state index contributed by atoms with van der Waals surface area (Å²) in [4.78, 5) is 12.4. The number of thiophene rings is 1. The van der Waals surface area contributed by atoms with Crippen LogP contribution in [0.1, 0.15) is 26.4 Å². The van der Waals surface area contributed by atoms with Gasteiger partial charge in [-0.1, -0.05) is 30.3 Å². The molecule has 0 spiro atoms. The van der Waals surface area contributed by atoms with Crippen LogP contribution in [0.3, 0.4) is 0 Å². The zero-order valence-corrected chi connectivity index (χ0v) is 14.5. The topological polar surface area (TPSA) is 95.5 Å². The predicted octanol–water partition coefficient (Wildman–Crippen LogP) is 1.61. The molecule has 0 fully saturated rings. The predicted molar refractivity (Wildman–Crippen MR) is 92.0 cm³/mol. The van der Waals surface area contributed by atoms with Gasteiger partial charge in [0.15, 0.2) is 0 Å². The summed E-state index contributed by atoms with van der Waals surface area (Å²) in [5.41, 5.74) is 1.60. The van der Waals surface area contributed by atoms with E-state index in [1.807, 2.05) is 30.3 Å². The monoisotopic (exact) mass is 366 g/mol. The molecular weight excluding hydrogens is 348 g/mol. The van der Waals surface area contributed by atoms with Gasteiger partial charge in [-0.3, -0.25) is 0 Å². The van der Waals surface area contributed by atoms with E-state index in [9.17, 15) is 18.3 Å². The highest BCUT2D eigenvalue weighted by atomic mass is 32.2. The first-order valence-corrected chi connectivity index (χ1v) is 9.91. The van der Waals surface area contributed by atoms with Crippen molar-refractivity contribution in [2.75, 3.05) is 13.1 Å². The van der Waals surface area contributed by atoms with Crippen molar-refractivity contribution in [1.29, 1.82) is 0 Å². The molecule has 2 aromatic rings. The molecule has 0 atom stereocenters. The Hall–Kier alpha value is -1.74. The van der Waals surface area contributed by atoms with Crippen molar-refractivity contribution in [3.05, 3.63) is 51.9 Å². The fourth-order valence-electron chi connectivity index (χ4n) is 2.76. The van der Waals surface area contributed by atoms with Crippen LogP contribution >= 0.6 is 11.3 Å². The lowest BCUT2D eigenvalue weighted by atomic mass is 10.1. The lowest BCUT2D eigenvalue weighted by Gasteiger charge is -2.12. The third-order valence-electron chi connectivity index (χ3n) is 3.90. The highest BCUT2D eigenvalue weighted by Gasteiger charge is 2.31. The number of carbonyl (C=O) groups is 1. The van der Waals surface area contributed by atoms with Crippen molar-refractivity contribution in [3.8, 4) is 0 Å². The molecule has 0 bridgehead atoms. The Labute approximate surface area is 144 Å². The summed E-state index contributed by atoms with van der Waals surface area (Å²) < 4.78 is 27.6. The van der Waals surface area contributed by atoms with Gasteiger partial charge in [0, 0.05) is 18.0 Å². The molecule has 0 saturated carbocycles. The molecule has 3 rings (SSSR count). The number of sulfonamides is 1. The molecule has 3 N–H and O–H groups in total. The number of carboxylic acids is 1. The minimum Gasteiger partial charge on any atom is -0.478 e. The summed E-state index contributed by atoms with van der Waals surface area (Å²) in [6, 6.07) is 9.54. The summed E-state index contributed by atoms with van der Waals surface area (Å²) in [5, 5.41) is 12.6. The summed E-state index contributed by atoms with van der Waals surface area (Å²) >= 11 is 1.05. The van der Waals surface area contributed by atoms with E-state index in [4.69, 9.17) is 0 Å². The van der Waals surface area contributed by atoms with Crippen LogP contribution in [0.2, 0.25) is 0 Å². The average molecular weight is 366 g/mol. The van der Waals surface area contributed by atoms with Crippen LogP contribution < -0.4 is 10.0 Å². The zero-order valence-electron chi connectivity index (χ0n) is 12.9. The quantitative estimate of drug-likeness (QED) is 0.722. The number of rotatable bonds is 6. The minimum absolute atomic E-state index is 0.0660. The number of hydrogen-bond donors (Lipinski definition) is 3. The molecule has 1 aliphatic heterocycles. The Balaban J connectivity index is 1.81. The highest BCUT2D eigenvalue weighted by Crippen LogP contribution is 2.34. The van der Waals surface area contributed by atoms with Crippen LogP contribution in [-0.4, -0.2) is 32.6 Å². The van der Waals surface area contributed by atoms with E-state index in [2.05, 4.69) is 10.0 Å². The van der Waals surface area contributed by atoms with Crippen molar-refractivity contribution >= 4 is 27.3 Å². The lowest BCUT2D eigenvalue weighted by Crippen LogP contribution is -2.27. The SMILES string of the molecule is O=C(O)c1c(S(=O)(=O)NCCc2ccccc2)sc2c1CCNC2. The van der Waals surface area contributed by atoms with Gasteiger partial charge in [-0.2, -0.15) is 0 Å². The van der Waals surface area contributed by atoms with E-state index < -0.39 is 16.0 Å². The third kappa shape index (κ3) is 3.51. The fourth-order valence-corrected chi connectivity index (χ4v) is 5.69. The van der Waals surface area contributed by atoms with Crippen molar-refractivity contribution in [1.82, 2.24) is 10.0 Å². The molecule has 1 aliphatic rings. The Kier molecular flexibility index (Phi) is 5.00. The molecule has 2 heterocycles. The maximum absolute atomic E-state index is 12.6. The first kappa shape index (κ1) is 17.1. The van der Waals surface area contributed by atoms with Crippen LogP contribution in [0.25, 0.3) is 0 Å². The van der Waals surface area contributed by atoms with Crippen molar-refractivity contribution in [2.45, 2.75) is 23.6 Å². The van der Waals surface area contributed by atoms with E-state index in [0.29, 0.717) is 31.5 Å². The van der Waals surface area contributed by atoms with Crippen molar-refractivity contribution in [3.63, 3.8) is 0 Å². The van der Waals surface area contributed by atoms with Gasteiger partial charge in [0.25, 0.3) is 10.0 Å². The molecule has 6 nitrogen and oxygen atoms in total. The number of hydrogen-bond acceptors (Lipinski definition) is 5. The first-order valence-electron chi connectivity index (χ1n) is 7.61. The Morgan fingerprint density at radius 2 is 2.04 bits per heavy atom. The van der Waals surface area contributed by atoms with E-state index >= 15 is 0 Å². The van der Waals surface area contributed by atoms with Crippen LogP contribution in [0, 0.1) is 0 Å². The van der Waals surface area contributed by atoms with Gasteiger partial charge in [-0.25, -0.2) is 17.9 Å². The summed E-state index contributed by atoms with van der Waals surface area (Å²) in [6.45, 7) is 1.40. The first-order chi connectivity index (χ1) is 11.5. The Morgan fingerprint density at radius 3 is 2.75 bits per heavy atom. The number of benzene rings is 1. The molecule has 0 unspecified atom stereocenters. The van der Waals surface area contributed by atoms with E-state index in [-0.39, 0.29) is 16.3 Å². The normalized spacial score (nSPS) is 14.3. The standard InChI is InChI=1S/C16H18N2O4S2/c19-15(20)14-12-7-8-17-10-13(12)23-16(14)24(21,22)18-9-6-11-4-2-1-3-5-11/h1-5,17-18H,6-10H2,(H,19,20). The smallest absolute Gasteiger partial charge is 0.338 e. The molecule has 1 aromatic carbocycles. The lowest BCUT2D eigenvalue weighted by molar-refractivity contribution is 0.0692. The number of fused-ring (bicyclic) bond motifs is 1. The molecule has 0 radical (unpaired) electrons. The van der Waals surface area contributed by atoms with E-state index in [1.165, 1.54) is 0 Å². The van der Waals surface area contributed by atoms with Crippen LogP contribution in [0.5, 0.6) is 0 Å².